The van der Waals surface area contributed by atoms with Crippen molar-refractivity contribution in [2.75, 3.05) is 26.2 Å². The highest BCUT2D eigenvalue weighted by molar-refractivity contribution is 5.72. The van der Waals surface area contributed by atoms with Crippen LogP contribution in [0.3, 0.4) is 0 Å². The second-order valence-corrected chi connectivity index (χ2v) is 16.0. The van der Waals surface area contributed by atoms with E-state index < -0.39 is 23.3 Å². The molecule has 0 amide bonds. The van der Waals surface area contributed by atoms with E-state index in [2.05, 4.69) is 27.7 Å². The monoisotopic (exact) mass is 691 g/mol. The van der Waals surface area contributed by atoms with Crippen LogP contribution in [0.25, 0.3) is 0 Å². The zero-order valence-corrected chi connectivity index (χ0v) is 30.6. The van der Waals surface area contributed by atoms with Gasteiger partial charge in [-0.2, -0.15) is 0 Å². The summed E-state index contributed by atoms with van der Waals surface area (Å²) in [6, 6.07) is 0. The Hall–Kier alpha value is -2.24. The van der Waals surface area contributed by atoms with Crippen LogP contribution in [0.5, 0.6) is 0 Å². The van der Waals surface area contributed by atoms with Crippen LogP contribution in [0.1, 0.15) is 124 Å². The number of hydrogen-bond donors (Lipinski definition) is 3. The van der Waals surface area contributed by atoms with Gasteiger partial charge < -0.3 is 36.1 Å². The van der Waals surface area contributed by atoms with E-state index in [0.29, 0.717) is 38.7 Å². The summed E-state index contributed by atoms with van der Waals surface area (Å²) in [5.74, 6) is -0.547. The van der Waals surface area contributed by atoms with Gasteiger partial charge in [-0.25, -0.2) is 0 Å². The molecule has 6 N–H and O–H groups in total. The number of nitrogens with two attached hydrogens (primary N) is 3. The smallest absolute Gasteiger partial charge is 0.319 e. The van der Waals surface area contributed by atoms with Gasteiger partial charge in [0.05, 0.1) is 26.2 Å². The van der Waals surface area contributed by atoms with Crippen LogP contribution < -0.4 is 17.2 Å². The Morgan fingerprint density at radius 3 is 2.10 bits per heavy atom. The van der Waals surface area contributed by atoms with Gasteiger partial charge in [0.1, 0.15) is 18.3 Å². The molecule has 11 heteroatoms. The summed E-state index contributed by atoms with van der Waals surface area (Å²) < 4.78 is 23.8. The van der Waals surface area contributed by atoms with Gasteiger partial charge in [-0.15, -0.1) is 0 Å². The molecule has 2 unspecified atom stereocenters. The van der Waals surface area contributed by atoms with Gasteiger partial charge in [-0.05, 0) is 92.8 Å². The predicted molar refractivity (Wildman–Crippen MR) is 186 cm³/mol. The van der Waals surface area contributed by atoms with Crippen molar-refractivity contribution in [3.8, 4) is 0 Å². The highest BCUT2D eigenvalue weighted by atomic mass is 16.6. The average molecular weight is 692 g/mol. The summed E-state index contributed by atoms with van der Waals surface area (Å²) in [5.41, 5.74) is 16.6. The number of fused-ring (bicyclic) bond motifs is 5. The van der Waals surface area contributed by atoms with Crippen molar-refractivity contribution < 1.29 is 38.1 Å². The fraction of sp³-hybridized carbons (Fsp3) is 0.895. The number of carbonyl (C=O) groups is 4. The van der Waals surface area contributed by atoms with Crippen molar-refractivity contribution in [3.63, 3.8) is 0 Å². The Kier molecular flexibility index (Phi) is 14.4. The van der Waals surface area contributed by atoms with Crippen molar-refractivity contribution in [2.45, 2.75) is 142 Å². The molecule has 11 nitrogen and oxygen atoms in total. The number of ether oxygens (including phenoxy) is 4. The summed E-state index contributed by atoms with van der Waals surface area (Å²) in [4.78, 5) is 50.5. The molecule has 0 aromatic carbocycles. The predicted octanol–water partition coefficient (Wildman–Crippen LogP) is 4.80. The third kappa shape index (κ3) is 8.98. The van der Waals surface area contributed by atoms with Crippen LogP contribution in [0.2, 0.25) is 0 Å². The molecule has 4 aliphatic carbocycles. The van der Waals surface area contributed by atoms with Gasteiger partial charge >= 0.3 is 23.9 Å². The van der Waals surface area contributed by atoms with Crippen LogP contribution in [-0.4, -0.2) is 68.4 Å². The first kappa shape index (κ1) is 39.5. The van der Waals surface area contributed by atoms with Gasteiger partial charge in [0, 0.05) is 17.8 Å². The minimum Gasteiger partial charge on any atom is -0.466 e. The molecule has 4 saturated carbocycles. The molecule has 4 rings (SSSR count). The molecular weight excluding hydrogens is 626 g/mol. The van der Waals surface area contributed by atoms with Crippen molar-refractivity contribution in [1.29, 1.82) is 0 Å². The number of carbonyl (C=O) groups excluding carboxylic acids is 4. The Labute approximate surface area is 293 Å². The molecule has 0 radical (unpaired) electrons. The molecule has 4 fully saturated rings. The Morgan fingerprint density at radius 2 is 1.41 bits per heavy atom. The molecule has 0 aromatic heterocycles. The zero-order valence-electron chi connectivity index (χ0n) is 30.6. The number of unbranched alkanes of at least 4 members (excludes halogenated alkanes) is 5. The van der Waals surface area contributed by atoms with E-state index in [1.54, 1.807) is 0 Å². The van der Waals surface area contributed by atoms with Gasteiger partial charge in [-0.1, -0.05) is 59.8 Å². The quantitative estimate of drug-likeness (QED) is 0.108. The van der Waals surface area contributed by atoms with Gasteiger partial charge in [-0.3, -0.25) is 19.2 Å². The fourth-order valence-electron chi connectivity index (χ4n) is 10.8. The van der Waals surface area contributed by atoms with Crippen LogP contribution >= 0.6 is 0 Å². The van der Waals surface area contributed by atoms with Crippen LogP contribution in [-0.2, 0) is 38.1 Å². The summed E-state index contributed by atoms with van der Waals surface area (Å²) in [5, 5.41) is 0. The number of hydrogen-bond acceptors (Lipinski definition) is 11. The lowest BCUT2D eigenvalue weighted by Gasteiger charge is -2.64. The molecule has 280 valence electrons. The topological polar surface area (TPSA) is 183 Å². The van der Waals surface area contributed by atoms with E-state index in [9.17, 15) is 19.2 Å². The largest absolute Gasteiger partial charge is 0.466 e. The highest BCUT2D eigenvalue weighted by Gasteiger charge is 2.67. The summed E-state index contributed by atoms with van der Waals surface area (Å²) in [7, 11) is 0. The van der Waals surface area contributed by atoms with Crippen molar-refractivity contribution in [3.05, 3.63) is 0 Å². The molecule has 0 aromatic rings. The van der Waals surface area contributed by atoms with Crippen LogP contribution in [0.15, 0.2) is 0 Å². The molecule has 0 aliphatic heterocycles. The maximum absolute atomic E-state index is 12.9. The average Bonchev–Trinajstić information content (AvgIpc) is 3.45. The molecule has 49 heavy (non-hydrogen) atoms. The second-order valence-electron chi connectivity index (χ2n) is 16.0. The second kappa shape index (κ2) is 17.8. The van der Waals surface area contributed by atoms with Crippen molar-refractivity contribution in [2.24, 2.45) is 63.5 Å². The summed E-state index contributed by atoms with van der Waals surface area (Å²) >= 11 is 0. The van der Waals surface area contributed by atoms with Crippen molar-refractivity contribution >= 4 is 23.9 Å². The standard InChI is InChI=1S/C38H65N3O8/c1-5-6-7-8-9-10-17-46-32(42)14-11-24(2)27-12-13-28-36-29(20-31(38(27,28)4)49-35(45)23-41)37(3)16-15-26(47-33(43)21-39)18-25(37)19-30(36)48-34(44)22-40/h24-31,36H,5-23,39-41H2,1-4H3/t24-,25?,26-,27?,28+,29+,30-,31+,36+,37+,38-/m1/s1. The van der Waals surface area contributed by atoms with E-state index in [-0.39, 0.29) is 84.8 Å². The molecule has 0 bridgehead atoms. The van der Waals surface area contributed by atoms with Gasteiger partial charge in [0.2, 0.25) is 0 Å². The third-order valence-electron chi connectivity index (χ3n) is 13.4. The van der Waals surface area contributed by atoms with E-state index in [1.807, 2.05) is 0 Å². The maximum atomic E-state index is 12.9. The van der Waals surface area contributed by atoms with Gasteiger partial charge in [0.25, 0.3) is 0 Å². The van der Waals surface area contributed by atoms with E-state index in [4.69, 9.17) is 36.1 Å². The lowest BCUT2D eigenvalue weighted by atomic mass is 9.43. The number of rotatable bonds is 17. The molecule has 11 atom stereocenters. The summed E-state index contributed by atoms with van der Waals surface area (Å²) in [6.07, 6.45) is 12.4. The molecule has 4 aliphatic rings. The first-order chi connectivity index (χ1) is 23.4. The molecule has 0 saturated heterocycles. The SMILES string of the molecule is CCCCCCCCOC(=O)CC[C@@H](C)C1CC[C@H]2[C@@H]3[C@H](OC(=O)CN)CC4C[C@H](OC(=O)CN)CC[C@]4(C)[C@H]3C[C@H](OC(=O)CN)[C@]12C. The molecule has 0 heterocycles. The third-order valence-corrected chi connectivity index (χ3v) is 13.4. The minimum atomic E-state index is -0.421. The lowest BCUT2D eigenvalue weighted by molar-refractivity contribution is -0.225. The summed E-state index contributed by atoms with van der Waals surface area (Å²) in [6.45, 7) is 8.92. The molecular formula is C38H65N3O8. The molecule has 0 spiro atoms. The van der Waals surface area contributed by atoms with Crippen molar-refractivity contribution in [1.82, 2.24) is 0 Å². The van der Waals surface area contributed by atoms with Crippen LogP contribution in [0, 0.1) is 46.3 Å². The Balaban J connectivity index is 1.53. The van der Waals surface area contributed by atoms with E-state index in [0.717, 1.165) is 38.5 Å². The Morgan fingerprint density at radius 1 is 0.755 bits per heavy atom. The highest BCUT2D eigenvalue weighted by Crippen LogP contribution is 2.69. The van der Waals surface area contributed by atoms with Crippen LogP contribution in [0.4, 0.5) is 0 Å². The van der Waals surface area contributed by atoms with Gasteiger partial charge in [0.15, 0.2) is 0 Å². The first-order valence-electron chi connectivity index (χ1n) is 19.3. The lowest BCUT2D eigenvalue weighted by Crippen LogP contribution is -2.63. The van der Waals surface area contributed by atoms with E-state index in [1.165, 1.54) is 25.7 Å². The maximum Gasteiger partial charge on any atom is 0.319 e. The Bertz CT molecular complexity index is 1140. The number of esters is 4. The fourth-order valence-corrected chi connectivity index (χ4v) is 10.8. The normalized spacial score (nSPS) is 35.7. The zero-order chi connectivity index (χ0) is 35.8. The van der Waals surface area contributed by atoms with E-state index >= 15 is 0 Å². The minimum absolute atomic E-state index is 0.0669. The first-order valence-corrected chi connectivity index (χ1v) is 19.3.